The van der Waals surface area contributed by atoms with Gasteiger partial charge in [-0.3, -0.25) is 4.99 Å². The van der Waals surface area contributed by atoms with E-state index in [4.69, 9.17) is 9.39 Å². The van der Waals surface area contributed by atoms with Crippen molar-refractivity contribution in [3.63, 3.8) is 0 Å². The van der Waals surface area contributed by atoms with Crippen molar-refractivity contribution in [1.29, 1.82) is 0 Å². The number of aliphatic imine (C=N–C) groups is 1. The van der Waals surface area contributed by atoms with E-state index in [1.54, 1.807) is 21.3 Å². The van der Waals surface area contributed by atoms with Gasteiger partial charge in [-0.15, -0.1) is 0 Å². The molecule has 28 heavy (non-hydrogen) atoms. The van der Waals surface area contributed by atoms with Crippen molar-refractivity contribution >= 4 is 31.4 Å². The lowest BCUT2D eigenvalue weighted by Crippen LogP contribution is -2.49. The number of ether oxygens (including phenoxy) is 1. The molecule has 1 N–H and O–H groups in total. The molecule has 1 radical (unpaired) electrons. The van der Waals surface area contributed by atoms with E-state index in [0.29, 0.717) is 18.0 Å². The average molecular weight is 378 g/mol. The molecule has 0 amide bonds. The molecular formula is C23H29BNO3. The lowest BCUT2D eigenvalue weighted by Gasteiger charge is -2.37. The van der Waals surface area contributed by atoms with E-state index in [0.717, 1.165) is 16.6 Å². The van der Waals surface area contributed by atoms with Gasteiger partial charge in [0, 0.05) is 5.56 Å². The number of rotatable bonds is 9. The molecule has 0 aliphatic carbocycles. The summed E-state index contributed by atoms with van der Waals surface area (Å²) in [7, 11) is 1.66. The van der Waals surface area contributed by atoms with Gasteiger partial charge in [-0.1, -0.05) is 48.6 Å². The maximum atomic E-state index is 10.3. The summed E-state index contributed by atoms with van der Waals surface area (Å²) >= 11 is 0. The summed E-state index contributed by atoms with van der Waals surface area (Å²) in [5.74, 6) is 0.658. The zero-order valence-corrected chi connectivity index (χ0v) is 17.4. The van der Waals surface area contributed by atoms with Crippen LogP contribution in [-0.2, 0) is 11.3 Å². The Labute approximate surface area is 169 Å². The van der Waals surface area contributed by atoms with E-state index < -0.39 is 11.2 Å². The fourth-order valence-corrected chi connectivity index (χ4v) is 2.42. The highest BCUT2D eigenvalue weighted by Crippen LogP contribution is 2.32. The van der Waals surface area contributed by atoms with Crippen molar-refractivity contribution in [3.05, 3.63) is 59.7 Å². The van der Waals surface area contributed by atoms with E-state index in [1.165, 1.54) is 0 Å². The third-order valence-electron chi connectivity index (χ3n) is 4.90. The molecule has 0 unspecified atom stereocenters. The lowest BCUT2D eigenvalue weighted by molar-refractivity contribution is -0.0893. The van der Waals surface area contributed by atoms with Crippen LogP contribution in [0.3, 0.4) is 0 Å². The summed E-state index contributed by atoms with van der Waals surface area (Å²) in [6, 6.07) is 13.8. The molecule has 0 spiro atoms. The molecule has 0 heterocycles. The summed E-state index contributed by atoms with van der Waals surface area (Å²) in [5.41, 5.74) is 1.68. The molecule has 0 bridgehead atoms. The van der Waals surface area contributed by atoms with Crippen LogP contribution < -0.4 is 10.2 Å². The molecule has 0 aliphatic heterocycles. The molecular weight excluding hydrogens is 349 g/mol. The minimum absolute atomic E-state index is 0.448. The number of nitrogens with zero attached hydrogens (tertiary/aromatic N) is 1. The number of benzene rings is 2. The quantitative estimate of drug-likeness (QED) is 0.518. The zero-order chi connectivity index (χ0) is 20.8. The zero-order valence-electron chi connectivity index (χ0n) is 17.4. The van der Waals surface area contributed by atoms with Crippen LogP contribution in [0.2, 0.25) is 0 Å². The van der Waals surface area contributed by atoms with Crippen LogP contribution in [0.5, 0.6) is 5.75 Å². The smallest absolute Gasteiger partial charge is 0.331 e. The van der Waals surface area contributed by atoms with Crippen molar-refractivity contribution in [2.75, 3.05) is 0 Å². The fourth-order valence-electron chi connectivity index (χ4n) is 2.42. The number of allylic oxidation sites excluding steroid dienone is 1. The van der Waals surface area contributed by atoms with Gasteiger partial charge in [0.2, 0.25) is 0 Å². The van der Waals surface area contributed by atoms with Crippen LogP contribution in [-0.4, -0.2) is 30.5 Å². The predicted octanol–water partition coefficient (Wildman–Crippen LogP) is 4.44. The average Bonchev–Trinajstić information content (AvgIpc) is 2.65. The Morgan fingerprint density at radius 3 is 2.36 bits per heavy atom. The minimum atomic E-state index is -0.998. The van der Waals surface area contributed by atoms with Crippen molar-refractivity contribution < 1.29 is 14.5 Å². The first-order valence-electron chi connectivity index (χ1n) is 9.36. The number of aliphatic hydroxyl groups is 1. The van der Waals surface area contributed by atoms with Crippen LogP contribution in [0.4, 0.5) is 5.69 Å². The topological polar surface area (TPSA) is 51.0 Å². The Morgan fingerprint density at radius 2 is 1.79 bits per heavy atom. The maximum Gasteiger partial charge on any atom is 0.331 e. The Kier molecular flexibility index (Phi) is 7.22. The first kappa shape index (κ1) is 21.9. The van der Waals surface area contributed by atoms with E-state index in [2.05, 4.69) is 11.7 Å². The Morgan fingerprint density at radius 1 is 1.11 bits per heavy atom. The molecule has 2 aromatic rings. The van der Waals surface area contributed by atoms with E-state index in [1.807, 2.05) is 75.4 Å². The standard InChI is InChI=1S/C23H29BNO3/c1-7-11-18-19(24-28-23(4,5)22(2,3)26)14-15-20(21(18)25-6)27-16-17-12-9-8-10-13-17/h7-15,26H,6,16H2,1-5H3/b11-7-. The van der Waals surface area contributed by atoms with E-state index in [9.17, 15) is 5.11 Å². The van der Waals surface area contributed by atoms with Crippen molar-refractivity contribution in [2.24, 2.45) is 4.99 Å². The summed E-state index contributed by atoms with van der Waals surface area (Å²) < 4.78 is 11.9. The third kappa shape index (κ3) is 5.34. The molecule has 0 atom stereocenters. The van der Waals surface area contributed by atoms with Gasteiger partial charge < -0.3 is 14.5 Å². The number of hydrogen-bond donors (Lipinski definition) is 1. The van der Waals surface area contributed by atoms with Gasteiger partial charge in [0.1, 0.15) is 18.0 Å². The summed E-state index contributed by atoms with van der Waals surface area (Å²) in [6.07, 6.45) is 3.88. The van der Waals surface area contributed by atoms with Gasteiger partial charge in [-0.25, -0.2) is 0 Å². The Hall–Kier alpha value is -2.37. The highest BCUT2D eigenvalue weighted by atomic mass is 16.5. The van der Waals surface area contributed by atoms with Gasteiger partial charge in [0.05, 0.1) is 11.2 Å². The second-order valence-corrected chi connectivity index (χ2v) is 7.65. The molecule has 0 saturated carbocycles. The van der Waals surface area contributed by atoms with Crippen LogP contribution in [0, 0.1) is 0 Å². The minimum Gasteiger partial charge on any atom is -0.487 e. The van der Waals surface area contributed by atoms with Crippen molar-refractivity contribution in [3.8, 4) is 5.75 Å². The summed E-state index contributed by atoms with van der Waals surface area (Å²) in [5, 5.41) is 10.3. The Balaban J connectivity index is 2.29. The van der Waals surface area contributed by atoms with E-state index in [-0.39, 0.29) is 0 Å². The molecule has 2 rings (SSSR count). The van der Waals surface area contributed by atoms with Gasteiger partial charge in [-0.05, 0) is 58.4 Å². The first-order chi connectivity index (χ1) is 13.2. The second-order valence-electron chi connectivity index (χ2n) is 7.65. The lowest BCUT2D eigenvalue weighted by atomic mass is 9.79. The molecule has 0 saturated heterocycles. The largest absolute Gasteiger partial charge is 0.487 e. The Bertz CT molecular complexity index is 824. The predicted molar refractivity (Wildman–Crippen MR) is 118 cm³/mol. The molecule has 0 fully saturated rings. The third-order valence-corrected chi connectivity index (χ3v) is 4.90. The van der Waals surface area contributed by atoms with Gasteiger partial charge in [0.25, 0.3) is 0 Å². The summed E-state index contributed by atoms with van der Waals surface area (Å²) in [4.78, 5) is 4.20. The molecule has 5 heteroatoms. The maximum absolute atomic E-state index is 10.3. The summed E-state index contributed by atoms with van der Waals surface area (Å²) in [6.45, 7) is 13.3. The van der Waals surface area contributed by atoms with Gasteiger partial charge in [-0.2, -0.15) is 0 Å². The fraction of sp³-hybridized carbons (Fsp3) is 0.348. The molecule has 2 aromatic carbocycles. The molecule has 0 aromatic heterocycles. The van der Waals surface area contributed by atoms with Gasteiger partial charge in [0.15, 0.2) is 0 Å². The highest BCUT2D eigenvalue weighted by Gasteiger charge is 2.36. The first-order valence-corrected chi connectivity index (χ1v) is 9.36. The van der Waals surface area contributed by atoms with Crippen LogP contribution in [0.1, 0.15) is 45.7 Å². The van der Waals surface area contributed by atoms with Crippen LogP contribution >= 0.6 is 0 Å². The van der Waals surface area contributed by atoms with Gasteiger partial charge >= 0.3 is 7.48 Å². The number of hydrogen-bond acceptors (Lipinski definition) is 4. The molecule has 0 aliphatic rings. The molecule has 4 nitrogen and oxygen atoms in total. The van der Waals surface area contributed by atoms with Crippen molar-refractivity contribution in [2.45, 2.75) is 52.4 Å². The molecule has 147 valence electrons. The van der Waals surface area contributed by atoms with Crippen LogP contribution in [0.15, 0.2) is 53.5 Å². The SMILES string of the molecule is C=Nc1c(OCc2ccccc2)ccc([B]OC(C)(C)C(C)(C)O)c1/C=C\C. The van der Waals surface area contributed by atoms with E-state index >= 15 is 0 Å². The van der Waals surface area contributed by atoms with Crippen LogP contribution in [0.25, 0.3) is 6.08 Å². The highest BCUT2D eigenvalue weighted by molar-refractivity contribution is 6.48. The monoisotopic (exact) mass is 378 g/mol. The normalized spacial score (nSPS) is 12.2. The van der Waals surface area contributed by atoms with Crippen molar-refractivity contribution in [1.82, 2.24) is 0 Å². The second kappa shape index (κ2) is 9.22.